The van der Waals surface area contributed by atoms with Gasteiger partial charge >= 0.3 is 0 Å². The molecule has 0 fully saturated rings. The standard InChI is InChI=1S/C19H19Cl2N3O3S/c1-24(2)15(25)10-27-13-6-4-3-5-11(13)7-8-22-19(26)12-9-14-17(23-12)16(20)18(21)28-14/h3-6,9,23H,7-8,10H2,1-2H3,(H,22,26). The number of nitrogens with zero attached hydrogens (tertiary/aromatic N) is 1. The van der Waals surface area contributed by atoms with Gasteiger partial charge < -0.3 is 19.9 Å². The first-order valence-corrected chi connectivity index (χ1v) is 10.1. The Hall–Kier alpha value is -2.22. The van der Waals surface area contributed by atoms with Crippen molar-refractivity contribution in [3.8, 4) is 5.75 Å². The summed E-state index contributed by atoms with van der Waals surface area (Å²) in [4.78, 5) is 28.6. The molecule has 6 nitrogen and oxygen atoms in total. The van der Waals surface area contributed by atoms with E-state index in [1.165, 1.54) is 16.2 Å². The van der Waals surface area contributed by atoms with E-state index in [4.69, 9.17) is 27.9 Å². The van der Waals surface area contributed by atoms with Crippen LogP contribution in [0.4, 0.5) is 0 Å². The summed E-state index contributed by atoms with van der Waals surface area (Å²) in [5, 5.41) is 3.30. The first-order valence-electron chi connectivity index (χ1n) is 8.52. The maximum Gasteiger partial charge on any atom is 0.267 e. The fourth-order valence-electron chi connectivity index (χ4n) is 2.57. The second kappa shape index (κ2) is 8.86. The Morgan fingerprint density at radius 3 is 2.71 bits per heavy atom. The number of amides is 2. The number of hydrogen-bond donors (Lipinski definition) is 2. The summed E-state index contributed by atoms with van der Waals surface area (Å²) >= 11 is 13.4. The second-order valence-electron chi connectivity index (χ2n) is 6.30. The summed E-state index contributed by atoms with van der Waals surface area (Å²) in [6, 6.07) is 9.19. The lowest BCUT2D eigenvalue weighted by molar-refractivity contribution is -0.130. The molecule has 2 aromatic heterocycles. The topological polar surface area (TPSA) is 74.4 Å². The Kier molecular flexibility index (Phi) is 6.49. The highest BCUT2D eigenvalue weighted by Gasteiger charge is 2.15. The number of H-pyrrole nitrogens is 1. The van der Waals surface area contributed by atoms with Crippen LogP contribution in [-0.2, 0) is 11.2 Å². The molecule has 3 rings (SSSR count). The van der Waals surface area contributed by atoms with Gasteiger partial charge in [-0.15, -0.1) is 11.3 Å². The quantitative estimate of drug-likeness (QED) is 0.584. The molecule has 28 heavy (non-hydrogen) atoms. The van der Waals surface area contributed by atoms with Crippen LogP contribution in [0.25, 0.3) is 10.2 Å². The molecule has 0 atom stereocenters. The van der Waals surface area contributed by atoms with E-state index in [0.29, 0.717) is 39.3 Å². The average molecular weight is 440 g/mol. The molecule has 9 heteroatoms. The molecule has 0 spiro atoms. The molecule has 0 unspecified atom stereocenters. The molecule has 0 saturated carbocycles. The van der Waals surface area contributed by atoms with E-state index in [9.17, 15) is 9.59 Å². The van der Waals surface area contributed by atoms with Gasteiger partial charge in [0.1, 0.15) is 15.8 Å². The zero-order valence-electron chi connectivity index (χ0n) is 15.3. The molecule has 2 amide bonds. The minimum Gasteiger partial charge on any atom is -0.483 e. The van der Waals surface area contributed by atoms with Crippen LogP contribution in [0.1, 0.15) is 16.1 Å². The molecule has 3 aromatic rings. The highest BCUT2D eigenvalue weighted by molar-refractivity contribution is 7.23. The maximum absolute atomic E-state index is 12.4. The van der Waals surface area contributed by atoms with E-state index < -0.39 is 0 Å². The van der Waals surface area contributed by atoms with Crippen molar-refractivity contribution in [1.82, 2.24) is 15.2 Å². The fraction of sp³-hybridized carbons (Fsp3) is 0.263. The number of ether oxygens (including phenoxy) is 1. The monoisotopic (exact) mass is 439 g/mol. The van der Waals surface area contributed by atoms with E-state index >= 15 is 0 Å². The van der Waals surface area contributed by atoms with Gasteiger partial charge in [-0.2, -0.15) is 0 Å². The third-order valence-corrected chi connectivity index (χ3v) is 6.05. The van der Waals surface area contributed by atoms with Gasteiger partial charge in [-0.3, -0.25) is 9.59 Å². The predicted octanol–water partition coefficient (Wildman–Crippen LogP) is 3.98. The molecule has 0 bridgehead atoms. The largest absolute Gasteiger partial charge is 0.483 e. The van der Waals surface area contributed by atoms with E-state index in [-0.39, 0.29) is 18.4 Å². The first kappa shape index (κ1) is 20.5. The number of aromatic nitrogens is 1. The van der Waals surface area contributed by atoms with Crippen molar-refractivity contribution in [2.24, 2.45) is 0 Å². The number of hydrogen-bond acceptors (Lipinski definition) is 4. The van der Waals surface area contributed by atoms with E-state index in [0.717, 1.165) is 10.3 Å². The molecule has 2 N–H and O–H groups in total. The summed E-state index contributed by atoms with van der Waals surface area (Å²) in [6.45, 7) is 0.390. The SMILES string of the molecule is CN(C)C(=O)COc1ccccc1CCNC(=O)c1cc2sc(Cl)c(Cl)c2[nH]1. The van der Waals surface area contributed by atoms with Crippen LogP contribution in [0.5, 0.6) is 5.75 Å². The summed E-state index contributed by atoms with van der Waals surface area (Å²) in [6.07, 6.45) is 0.569. The molecular weight excluding hydrogens is 421 g/mol. The fourth-order valence-corrected chi connectivity index (χ4v) is 4.05. The van der Waals surface area contributed by atoms with Crippen LogP contribution in [0.3, 0.4) is 0 Å². The maximum atomic E-state index is 12.4. The molecule has 0 saturated heterocycles. The zero-order valence-corrected chi connectivity index (χ0v) is 17.7. The normalized spacial score (nSPS) is 10.9. The highest BCUT2D eigenvalue weighted by atomic mass is 35.5. The molecule has 148 valence electrons. The number of nitrogens with one attached hydrogen (secondary N) is 2. The van der Waals surface area contributed by atoms with Crippen molar-refractivity contribution in [3.63, 3.8) is 0 Å². The average Bonchev–Trinajstić information content (AvgIpc) is 3.20. The van der Waals surface area contributed by atoms with Crippen molar-refractivity contribution in [1.29, 1.82) is 0 Å². The van der Waals surface area contributed by atoms with Crippen molar-refractivity contribution in [3.05, 3.63) is 50.9 Å². The van der Waals surface area contributed by atoms with Crippen LogP contribution in [0.2, 0.25) is 9.36 Å². The number of aromatic amines is 1. The molecule has 0 aliphatic heterocycles. The molecule has 0 aliphatic rings. The minimum atomic E-state index is -0.225. The van der Waals surface area contributed by atoms with Crippen molar-refractivity contribution in [2.75, 3.05) is 27.2 Å². The Bertz CT molecular complexity index is 1010. The summed E-state index contributed by atoms with van der Waals surface area (Å²) in [7, 11) is 3.36. The highest BCUT2D eigenvalue weighted by Crippen LogP contribution is 2.38. The van der Waals surface area contributed by atoms with Gasteiger partial charge in [0.25, 0.3) is 11.8 Å². The van der Waals surface area contributed by atoms with Crippen LogP contribution >= 0.6 is 34.5 Å². The van der Waals surface area contributed by atoms with Gasteiger partial charge in [-0.05, 0) is 24.1 Å². The van der Waals surface area contributed by atoms with E-state index in [2.05, 4.69) is 10.3 Å². The molecule has 0 radical (unpaired) electrons. The van der Waals surface area contributed by atoms with Gasteiger partial charge in [0.15, 0.2) is 6.61 Å². The smallest absolute Gasteiger partial charge is 0.267 e. The van der Waals surface area contributed by atoms with Crippen LogP contribution < -0.4 is 10.1 Å². The number of halogens is 2. The third-order valence-electron chi connectivity index (χ3n) is 4.12. The Morgan fingerprint density at radius 2 is 2.00 bits per heavy atom. The number of likely N-dealkylation sites (N-methyl/N-ethyl adjacent to an activating group) is 1. The zero-order chi connectivity index (χ0) is 20.3. The van der Waals surface area contributed by atoms with Gasteiger partial charge in [0.2, 0.25) is 0 Å². The van der Waals surface area contributed by atoms with Crippen molar-refractivity contribution in [2.45, 2.75) is 6.42 Å². The lowest BCUT2D eigenvalue weighted by Crippen LogP contribution is -2.28. The third kappa shape index (κ3) is 4.60. The number of carbonyl (C=O) groups excluding carboxylic acids is 2. The summed E-state index contributed by atoms with van der Waals surface area (Å²) in [5.41, 5.74) is 2.02. The molecule has 1 aromatic carbocycles. The van der Waals surface area contributed by atoms with E-state index in [1.54, 1.807) is 20.2 Å². The van der Waals surface area contributed by atoms with Crippen LogP contribution in [0.15, 0.2) is 30.3 Å². The molecule has 2 heterocycles. The van der Waals surface area contributed by atoms with Gasteiger partial charge in [-0.1, -0.05) is 41.4 Å². The predicted molar refractivity (Wildman–Crippen MR) is 113 cm³/mol. The second-order valence-corrected chi connectivity index (χ2v) is 8.33. The van der Waals surface area contributed by atoms with Crippen molar-refractivity contribution >= 4 is 56.6 Å². The Labute approximate surface area is 176 Å². The number of fused-ring (bicyclic) bond motifs is 1. The number of carbonyl (C=O) groups is 2. The van der Waals surface area contributed by atoms with Crippen LogP contribution in [0, 0.1) is 0 Å². The number of thiophene rings is 1. The van der Waals surface area contributed by atoms with Gasteiger partial charge in [0.05, 0.1) is 15.2 Å². The lowest BCUT2D eigenvalue weighted by atomic mass is 10.1. The Balaban J connectivity index is 1.58. The number of benzene rings is 1. The van der Waals surface area contributed by atoms with Crippen molar-refractivity contribution < 1.29 is 14.3 Å². The molecule has 0 aliphatic carbocycles. The molecular formula is C19H19Cl2N3O3S. The summed E-state index contributed by atoms with van der Waals surface area (Å²) < 4.78 is 6.96. The number of rotatable bonds is 7. The Morgan fingerprint density at radius 1 is 1.25 bits per heavy atom. The van der Waals surface area contributed by atoms with E-state index in [1.807, 2.05) is 24.3 Å². The van der Waals surface area contributed by atoms with Gasteiger partial charge in [-0.25, -0.2) is 0 Å². The van der Waals surface area contributed by atoms with Gasteiger partial charge in [0, 0.05) is 20.6 Å². The minimum absolute atomic E-state index is 0.0289. The lowest BCUT2D eigenvalue weighted by Gasteiger charge is -2.14. The summed E-state index contributed by atoms with van der Waals surface area (Å²) in [5.74, 6) is 0.291. The number of para-hydroxylation sites is 1. The van der Waals surface area contributed by atoms with Crippen LogP contribution in [-0.4, -0.2) is 48.9 Å². The first-order chi connectivity index (χ1) is 13.4.